The molecule has 0 aromatic heterocycles. The van der Waals surface area contributed by atoms with Crippen molar-refractivity contribution >= 4 is 0 Å². The van der Waals surface area contributed by atoms with Crippen LogP contribution in [0.5, 0.6) is 0 Å². The lowest BCUT2D eigenvalue weighted by Crippen LogP contribution is -2.33. The topological polar surface area (TPSA) is 9.23 Å². The zero-order valence-corrected chi connectivity index (χ0v) is 6.52. The molecule has 1 spiro atoms. The Labute approximate surface area is 61.8 Å². The van der Waals surface area contributed by atoms with Crippen molar-refractivity contribution in [1.82, 2.24) is 0 Å². The Morgan fingerprint density at radius 2 is 2.20 bits per heavy atom. The summed E-state index contributed by atoms with van der Waals surface area (Å²) in [5.74, 6) is 0.958. The molecule has 2 aliphatic heterocycles. The summed E-state index contributed by atoms with van der Waals surface area (Å²) in [6.45, 7) is 2.29. The summed E-state index contributed by atoms with van der Waals surface area (Å²) in [6, 6.07) is 0. The fourth-order valence-corrected chi connectivity index (χ4v) is 3.07. The molecule has 3 aliphatic rings. The van der Waals surface area contributed by atoms with E-state index in [0.29, 0.717) is 11.2 Å². The Balaban J connectivity index is 1.98. The third kappa shape index (κ3) is 0.493. The van der Waals surface area contributed by atoms with Crippen LogP contribution >= 0.6 is 0 Å². The normalized spacial score (nSPS) is 63.9. The van der Waals surface area contributed by atoms with Crippen LogP contribution in [0.3, 0.4) is 0 Å². The van der Waals surface area contributed by atoms with Gasteiger partial charge in [0.05, 0.1) is 11.2 Å². The van der Waals surface area contributed by atoms with Gasteiger partial charge in [-0.05, 0) is 44.9 Å². The molecule has 1 heteroatoms. The van der Waals surface area contributed by atoms with Crippen LogP contribution in [-0.2, 0) is 4.74 Å². The van der Waals surface area contributed by atoms with Gasteiger partial charge in [0.1, 0.15) is 0 Å². The summed E-state index contributed by atoms with van der Waals surface area (Å²) >= 11 is 0. The molecule has 56 valence electrons. The molecule has 0 N–H and O–H groups in total. The molecule has 0 unspecified atom stereocenters. The van der Waals surface area contributed by atoms with Crippen LogP contribution in [0.1, 0.15) is 39.0 Å². The minimum absolute atomic E-state index is 0.307. The Morgan fingerprint density at radius 1 is 1.30 bits per heavy atom. The third-order valence-corrected chi connectivity index (χ3v) is 3.61. The summed E-state index contributed by atoms with van der Waals surface area (Å²) in [5, 5.41) is 0. The maximum Gasteiger partial charge on any atom is 0.0723 e. The van der Waals surface area contributed by atoms with Crippen molar-refractivity contribution in [3.63, 3.8) is 0 Å². The molecule has 3 rings (SSSR count). The molecule has 3 atom stereocenters. The highest BCUT2D eigenvalue weighted by atomic mass is 16.5. The quantitative estimate of drug-likeness (QED) is 0.498. The second-order valence-corrected chi connectivity index (χ2v) is 4.58. The smallest absolute Gasteiger partial charge is 0.0723 e. The largest absolute Gasteiger partial charge is 0.369 e. The van der Waals surface area contributed by atoms with Crippen molar-refractivity contribution in [2.75, 3.05) is 0 Å². The van der Waals surface area contributed by atoms with Crippen molar-refractivity contribution in [2.24, 2.45) is 5.92 Å². The first-order chi connectivity index (χ1) is 4.73. The molecule has 0 aromatic carbocycles. The third-order valence-electron chi connectivity index (χ3n) is 3.61. The van der Waals surface area contributed by atoms with E-state index in [1.165, 1.54) is 32.1 Å². The van der Waals surface area contributed by atoms with E-state index in [-0.39, 0.29) is 0 Å². The van der Waals surface area contributed by atoms with Crippen LogP contribution in [0.4, 0.5) is 0 Å². The van der Waals surface area contributed by atoms with E-state index >= 15 is 0 Å². The zero-order chi connectivity index (χ0) is 6.82. The average molecular weight is 138 g/mol. The van der Waals surface area contributed by atoms with E-state index in [4.69, 9.17) is 4.74 Å². The van der Waals surface area contributed by atoms with Crippen LogP contribution in [0.2, 0.25) is 0 Å². The van der Waals surface area contributed by atoms with E-state index in [1.54, 1.807) is 0 Å². The molecule has 2 saturated heterocycles. The Morgan fingerprint density at radius 3 is 2.90 bits per heavy atom. The van der Waals surface area contributed by atoms with Crippen LogP contribution in [-0.4, -0.2) is 11.2 Å². The van der Waals surface area contributed by atoms with Gasteiger partial charge in [-0.3, -0.25) is 0 Å². The first kappa shape index (κ1) is 5.59. The van der Waals surface area contributed by atoms with Gasteiger partial charge in [-0.25, -0.2) is 0 Å². The first-order valence-electron chi connectivity index (χ1n) is 4.43. The molecule has 0 radical (unpaired) electrons. The summed E-state index contributed by atoms with van der Waals surface area (Å²) < 4.78 is 6.05. The monoisotopic (exact) mass is 138 g/mol. The lowest BCUT2D eigenvalue weighted by molar-refractivity contribution is -0.0997. The maximum atomic E-state index is 6.05. The molecular formula is C9H14O. The van der Waals surface area contributed by atoms with Gasteiger partial charge in [0.25, 0.3) is 0 Å². The van der Waals surface area contributed by atoms with Crippen molar-refractivity contribution in [3.8, 4) is 0 Å². The van der Waals surface area contributed by atoms with Gasteiger partial charge in [0.15, 0.2) is 0 Å². The van der Waals surface area contributed by atoms with Crippen LogP contribution in [0.25, 0.3) is 0 Å². The molecule has 0 amide bonds. The predicted octanol–water partition coefficient (Wildman–Crippen LogP) is 2.11. The number of ether oxygens (including phenoxy) is 1. The van der Waals surface area contributed by atoms with E-state index in [0.717, 1.165) is 5.92 Å². The van der Waals surface area contributed by atoms with Gasteiger partial charge < -0.3 is 4.74 Å². The lowest BCUT2D eigenvalue weighted by Gasteiger charge is -2.33. The number of hydrogen-bond acceptors (Lipinski definition) is 1. The Hall–Kier alpha value is -0.0400. The van der Waals surface area contributed by atoms with Crippen LogP contribution < -0.4 is 0 Å². The molecule has 10 heavy (non-hydrogen) atoms. The van der Waals surface area contributed by atoms with Gasteiger partial charge in [-0.15, -0.1) is 0 Å². The second kappa shape index (κ2) is 1.29. The predicted molar refractivity (Wildman–Crippen MR) is 38.8 cm³/mol. The highest BCUT2D eigenvalue weighted by Crippen LogP contribution is 2.65. The van der Waals surface area contributed by atoms with Gasteiger partial charge in [0.2, 0.25) is 0 Å². The van der Waals surface area contributed by atoms with Crippen LogP contribution in [0, 0.1) is 5.92 Å². The molecule has 1 aliphatic carbocycles. The van der Waals surface area contributed by atoms with Crippen molar-refractivity contribution in [1.29, 1.82) is 0 Å². The SMILES string of the molecule is C[C@@]12CCC[C@]3(C[C@H]3C1)O2. The molecule has 2 bridgehead atoms. The number of hydrogen-bond donors (Lipinski definition) is 0. The highest BCUT2D eigenvalue weighted by Gasteiger charge is 2.66. The summed E-state index contributed by atoms with van der Waals surface area (Å²) in [6.07, 6.45) is 6.81. The number of fused-ring (bicyclic) bond motifs is 1. The molecule has 1 saturated carbocycles. The van der Waals surface area contributed by atoms with Crippen molar-refractivity contribution < 1.29 is 4.74 Å². The van der Waals surface area contributed by atoms with Crippen molar-refractivity contribution in [2.45, 2.75) is 50.2 Å². The molecular weight excluding hydrogens is 124 g/mol. The molecule has 0 aromatic rings. The average Bonchev–Trinajstić information content (AvgIpc) is 2.35. The van der Waals surface area contributed by atoms with Gasteiger partial charge in [-0.2, -0.15) is 0 Å². The maximum absolute atomic E-state index is 6.05. The highest BCUT2D eigenvalue weighted by molar-refractivity contribution is 5.16. The molecule has 3 fully saturated rings. The molecule has 1 nitrogen and oxygen atoms in total. The van der Waals surface area contributed by atoms with E-state index in [1.807, 2.05) is 0 Å². The fraction of sp³-hybridized carbons (Fsp3) is 1.00. The second-order valence-electron chi connectivity index (χ2n) is 4.58. The summed E-state index contributed by atoms with van der Waals surface area (Å²) in [4.78, 5) is 0. The van der Waals surface area contributed by atoms with E-state index < -0.39 is 0 Å². The fourth-order valence-electron chi connectivity index (χ4n) is 3.07. The summed E-state index contributed by atoms with van der Waals surface area (Å²) in [5.41, 5.74) is 0.730. The minimum Gasteiger partial charge on any atom is -0.369 e. The van der Waals surface area contributed by atoms with Gasteiger partial charge in [0, 0.05) is 0 Å². The standard InChI is InChI=1S/C9H14O/c1-8-3-2-4-9(10-8)6-7(9)5-8/h7H,2-6H2,1H3/t7-,8-,9-/m1/s1. The minimum atomic E-state index is 0.307. The van der Waals surface area contributed by atoms with Crippen molar-refractivity contribution in [3.05, 3.63) is 0 Å². The first-order valence-corrected chi connectivity index (χ1v) is 4.43. The Kier molecular flexibility index (Phi) is 0.722. The molecule has 2 heterocycles. The number of rotatable bonds is 0. The van der Waals surface area contributed by atoms with E-state index in [2.05, 4.69) is 6.92 Å². The lowest BCUT2D eigenvalue weighted by atomic mass is 9.94. The van der Waals surface area contributed by atoms with Gasteiger partial charge in [-0.1, -0.05) is 0 Å². The van der Waals surface area contributed by atoms with E-state index in [9.17, 15) is 0 Å². The Bertz CT molecular complexity index is 185. The van der Waals surface area contributed by atoms with Gasteiger partial charge >= 0.3 is 0 Å². The summed E-state index contributed by atoms with van der Waals surface area (Å²) in [7, 11) is 0. The van der Waals surface area contributed by atoms with Crippen LogP contribution in [0.15, 0.2) is 0 Å². The zero-order valence-electron chi connectivity index (χ0n) is 6.52.